The van der Waals surface area contributed by atoms with E-state index in [9.17, 15) is 0 Å². The van der Waals surface area contributed by atoms with E-state index in [-0.39, 0.29) is 0 Å². The van der Waals surface area contributed by atoms with Gasteiger partial charge in [0.1, 0.15) is 5.82 Å². The van der Waals surface area contributed by atoms with Gasteiger partial charge in [0.2, 0.25) is 0 Å². The second-order valence-electron chi connectivity index (χ2n) is 5.07. The van der Waals surface area contributed by atoms with Crippen LogP contribution in [-0.2, 0) is 13.0 Å². The molecule has 0 fully saturated rings. The van der Waals surface area contributed by atoms with Gasteiger partial charge in [-0.1, -0.05) is 24.3 Å². The molecule has 0 radical (unpaired) electrons. The first-order chi connectivity index (χ1) is 10.8. The van der Waals surface area contributed by atoms with Crippen LogP contribution in [0, 0.1) is 0 Å². The molecule has 0 amide bonds. The quantitative estimate of drug-likeness (QED) is 0.701. The van der Waals surface area contributed by atoms with Gasteiger partial charge in [0.25, 0.3) is 0 Å². The molecule has 3 aromatic rings. The lowest BCUT2D eigenvalue weighted by molar-refractivity contribution is 1.05. The number of hydrogen-bond donors (Lipinski definition) is 2. The molecule has 0 aliphatic rings. The van der Waals surface area contributed by atoms with Gasteiger partial charge >= 0.3 is 0 Å². The number of anilines is 1. The Morgan fingerprint density at radius 3 is 2.68 bits per heavy atom. The van der Waals surface area contributed by atoms with E-state index in [0.29, 0.717) is 6.54 Å². The molecule has 1 N–H and O–H groups in total. The Morgan fingerprint density at radius 2 is 1.91 bits per heavy atom. The molecule has 0 unspecified atom stereocenters. The Labute approximate surface area is 135 Å². The third-order valence-electron chi connectivity index (χ3n) is 3.40. The topological polar surface area (TPSA) is 37.8 Å². The molecule has 22 heavy (non-hydrogen) atoms. The van der Waals surface area contributed by atoms with Crippen LogP contribution in [0.4, 0.5) is 5.82 Å². The highest BCUT2D eigenvalue weighted by molar-refractivity contribution is 7.80. The van der Waals surface area contributed by atoms with Gasteiger partial charge in [-0.05, 0) is 47.4 Å². The molecule has 1 aromatic carbocycles. The van der Waals surface area contributed by atoms with Gasteiger partial charge in [0.05, 0.1) is 0 Å². The largest absolute Gasteiger partial charge is 0.366 e. The molecule has 0 saturated carbocycles. The van der Waals surface area contributed by atoms with Gasteiger partial charge in [0.15, 0.2) is 0 Å². The molecule has 0 aliphatic carbocycles. The number of aromatic nitrogens is 2. The summed E-state index contributed by atoms with van der Waals surface area (Å²) < 4.78 is 0. The maximum absolute atomic E-state index is 4.55. The number of thiol groups is 1. The van der Waals surface area contributed by atoms with Crippen molar-refractivity contribution < 1.29 is 0 Å². The van der Waals surface area contributed by atoms with Crippen molar-refractivity contribution in [3.8, 4) is 0 Å². The Morgan fingerprint density at radius 1 is 0.955 bits per heavy atom. The summed E-state index contributed by atoms with van der Waals surface area (Å²) in [5.41, 5.74) is 3.62. The average molecular weight is 307 g/mol. The van der Waals surface area contributed by atoms with E-state index in [4.69, 9.17) is 0 Å². The van der Waals surface area contributed by atoms with Crippen molar-refractivity contribution in [1.82, 2.24) is 9.97 Å². The molecular formula is C18H17N3S. The highest BCUT2D eigenvalue weighted by Gasteiger charge is 2.03. The fourth-order valence-electron chi connectivity index (χ4n) is 2.28. The monoisotopic (exact) mass is 307 g/mol. The minimum Gasteiger partial charge on any atom is -0.366 e. The van der Waals surface area contributed by atoms with Crippen molar-refractivity contribution in [2.24, 2.45) is 0 Å². The summed E-state index contributed by atoms with van der Waals surface area (Å²) in [6, 6.07) is 16.2. The predicted octanol–water partition coefficient (Wildman–Crippen LogP) is 3.97. The van der Waals surface area contributed by atoms with Crippen LogP contribution in [0.1, 0.15) is 16.7 Å². The van der Waals surface area contributed by atoms with E-state index in [1.165, 1.54) is 11.1 Å². The number of nitrogens with zero attached hydrogens (tertiary/aromatic N) is 2. The summed E-state index contributed by atoms with van der Waals surface area (Å²) in [6.07, 6.45) is 6.35. The first-order valence-electron chi connectivity index (χ1n) is 7.16. The second-order valence-corrected chi connectivity index (χ2v) is 5.55. The van der Waals surface area contributed by atoms with Crippen LogP contribution in [0.15, 0.2) is 72.0 Å². The molecule has 2 heterocycles. The number of hydrogen-bond acceptors (Lipinski definition) is 4. The van der Waals surface area contributed by atoms with E-state index in [1.807, 2.05) is 36.5 Å². The summed E-state index contributed by atoms with van der Waals surface area (Å²) in [5.74, 6) is 0.868. The minimum absolute atomic E-state index is 0.705. The molecule has 0 atom stereocenters. The maximum Gasteiger partial charge on any atom is 0.126 e. The SMILES string of the molecule is Sc1ccc(Cc2cccnc2)cc1CNc1ccccn1. The van der Waals surface area contributed by atoms with E-state index in [2.05, 4.69) is 46.1 Å². The molecular weight excluding hydrogens is 290 g/mol. The molecule has 4 heteroatoms. The average Bonchev–Trinajstić information content (AvgIpc) is 2.57. The fraction of sp³-hybridized carbons (Fsp3) is 0.111. The molecule has 0 bridgehead atoms. The number of rotatable bonds is 5. The van der Waals surface area contributed by atoms with Crippen molar-refractivity contribution in [2.75, 3.05) is 5.32 Å². The summed E-state index contributed by atoms with van der Waals surface area (Å²) >= 11 is 4.55. The highest BCUT2D eigenvalue weighted by atomic mass is 32.1. The summed E-state index contributed by atoms with van der Waals surface area (Å²) in [6.45, 7) is 0.705. The zero-order chi connectivity index (χ0) is 15.2. The number of benzene rings is 1. The number of pyridine rings is 2. The second kappa shape index (κ2) is 7.09. The van der Waals surface area contributed by atoms with Gasteiger partial charge in [-0.25, -0.2) is 4.98 Å². The molecule has 0 aliphatic heterocycles. The van der Waals surface area contributed by atoms with Crippen molar-refractivity contribution in [3.05, 3.63) is 83.8 Å². The van der Waals surface area contributed by atoms with E-state index >= 15 is 0 Å². The summed E-state index contributed by atoms with van der Waals surface area (Å²) in [7, 11) is 0. The van der Waals surface area contributed by atoms with Crippen LogP contribution in [0.5, 0.6) is 0 Å². The zero-order valence-electron chi connectivity index (χ0n) is 12.1. The lowest BCUT2D eigenvalue weighted by atomic mass is 10.0. The van der Waals surface area contributed by atoms with Crippen LogP contribution in [0.25, 0.3) is 0 Å². The van der Waals surface area contributed by atoms with Gasteiger partial charge in [-0.2, -0.15) is 0 Å². The maximum atomic E-state index is 4.55. The predicted molar refractivity (Wildman–Crippen MR) is 92.3 cm³/mol. The van der Waals surface area contributed by atoms with Gasteiger partial charge in [-0.15, -0.1) is 12.6 Å². The molecule has 2 aromatic heterocycles. The third-order valence-corrected chi connectivity index (χ3v) is 3.84. The third kappa shape index (κ3) is 3.86. The van der Waals surface area contributed by atoms with Crippen LogP contribution < -0.4 is 5.32 Å². The Bertz CT molecular complexity index is 730. The summed E-state index contributed by atoms with van der Waals surface area (Å²) in [4.78, 5) is 9.42. The normalized spacial score (nSPS) is 10.4. The van der Waals surface area contributed by atoms with Crippen LogP contribution in [0.3, 0.4) is 0 Å². The van der Waals surface area contributed by atoms with E-state index in [1.54, 1.807) is 12.4 Å². The molecule has 3 rings (SSSR count). The van der Waals surface area contributed by atoms with Crippen LogP contribution in [0.2, 0.25) is 0 Å². The number of nitrogens with one attached hydrogen (secondary N) is 1. The van der Waals surface area contributed by atoms with Gasteiger partial charge in [0, 0.05) is 30.0 Å². The Hall–Kier alpha value is -2.33. The van der Waals surface area contributed by atoms with Gasteiger partial charge < -0.3 is 5.32 Å². The lowest BCUT2D eigenvalue weighted by Gasteiger charge is -2.10. The molecule has 0 spiro atoms. The minimum atomic E-state index is 0.705. The molecule has 0 saturated heterocycles. The first-order valence-corrected chi connectivity index (χ1v) is 7.60. The first kappa shape index (κ1) is 14.6. The smallest absolute Gasteiger partial charge is 0.126 e. The van der Waals surface area contributed by atoms with Crippen molar-refractivity contribution in [3.63, 3.8) is 0 Å². The van der Waals surface area contributed by atoms with Crippen molar-refractivity contribution >= 4 is 18.4 Å². The van der Waals surface area contributed by atoms with Crippen molar-refractivity contribution in [2.45, 2.75) is 17.9 Å². The Kier molecular flexibility index (Phi) is 4.71. The zero-order valence-corrected chi connectivity index (χ0v) is 13.0. The molecule has 110 valence electrons. The highest BCUT2D eigenvalue weighted by Crippen LogP contribution is 2.19. The van der Waals surface area contributed by atoms with E-state index in [0.717, 1.165) is 22.7 Å². The van der Waals surface area contributed by atoms with E-state index < -0.39 is 0 Å². The van der Waals surface area contributed by atoms with Gasteiger partial charge in [-0.3, -0.25) is 4.98 Å². The van der Waals surface area contributed by atoms with Crippen LogP contribution in [-0.4, -0.2) is 9.97 Å². The Balaban J connectivity index is 1.72. The summed E-state index contributed by atoms with van der Waals surface area (Å²) in [5, 5.41) is 3.32. The fourth-order valence-corrected chi connectivity index (χ4v) is 2.50. The molecule has 3 nitrogen and oxygen atoms in total. The van der Waals surface area contributed by atoms with Crippen molar-refractivity contribution in [1.29, 1.82) is 0 Å². The van der Waals surface area contributed by atoms with Crippen LogP contribution >= 0.6 is 12.6 Å². The lowest BCUT2D eigenvalue weighted by Crippen LogP contribution is -2.02. The standard InChI is InChI=1S/C18H17N3S/c22-17-7-6-14(10-15-4-3-8-19-12-15)11-16(17)13-21-18-5-1-2-9-20-18/h1-9,11-12,22H,10,13H2,(H,20,21).